The Bertz CT molecular complexity index is 785. The fraction of sp³-hybridized carbons (Fsp3) is 0.368. The highest BCUT2D eigenvalue weighted by Gasteiger charge is 2.33. The van der Waals surface area contributed by atoms with Gasteiger partial charge in [-0.05, 0) is 68.4 Å². The van der Waals surface area contributed by atoms with Gasteiger partial charge in [0.15, 0.2) is 0 Å². The fourth-order valence-electron chi connectivity index (χ4n) is 2.30. The molecule has 2 aromatic rings. The van der Waals surface area contributed by atoms with E-state index in [0.717, 1.165) is 18.2 Å². The van der Waals surface area contributed by atoms with Gasteiger partial charge in [-0.15, -0.1) is 0 Å². The Morgan fingerprint density at radius 3 is 1.93 bits per heavy atom. The lowest BCUT2D eigenvalue weighted by atomic mass is 10.1. The smallest absolute Gasteiger partial charge is 0.330 e. The molecule has 0 aliphatic carbocycles. The van der Waals surface area contributed by atoms with Gasteiger partial charge >= 0.3 is 12.4 Å². The van der Waals surface area contributed by atoms with Gasteiger partial charge in [-0.3, -0.25) is 0 Å². The van der Waals surface area contributed by atoms with Crippen molar-refractivity contribution in [2.45, 2.75) is 25.2 Å². The van der Waals surface area contributed by atoms with Crippen LogP contribution in [0.4, 0.5) is 35.1 Å². The van der Waals surface area contributed by atoms with E-state index in [0.29, 0.717) is 31.0 Å². The minimum Gasteiger partial charge on any atom is -0.330 e. The first-order valence-corrected chi connectivity index (χ1v) is 8.46. The van der Waals surface area contributed by atoms with Crippen LogP contribution >= 0.6 is 0 Å². The second-order valence-corrected chi connectivity index (χ2v) is 6.01. The summed E-state index contributed by atoms with van der Waals surface area (Å²) in [6.45, 7) is 0.813. The van der Waals surface area contributed by atoms with E-state index in [1.54, 1.807) is 7.05 Å². The van der Waals surface area contributed by atoms with Crippen molar-refractivity contribution in [2.24, 2.45) is 5.73 Å². The van der Waals surface area contributed by atoms with E-state index in [2.05, 4.69) is 5.32 Å². The van der Waals surface area contributed by atoms with Crippen LogP contribution < -0.4 is 11.1 Å². The van der Waals surface area contributed by atoms with Crippen LogP contribution in [0.5, 0.6) is 0 Å². The highest BCUT2D eigenvalue weighted by molar-refractivity contribution is 5.27. The summed E-state index contributed by atoms with van der Waals surface area (Å²) in [5, 5.41) is 2.80. The maximum absolute atomic E-state index is 13.2. The SMILES string of the molecule is CNCCc1ccc(C(F)(F)F)cc1F.NCCc1ccc(C(F)(F)F)c(F)c1. The Kier molecular flexibility index (Phi) is 9.03. The van der Waals surface area contributed by atoms with Gasteiger partial charge in [0.05, 0.1) is 11.1 Å². The van der Waals surface area contributed by atoms with Crippen LogP contribution in [-0.2, 0) is 25.2 Å². The lowest BCUT2D eigenvalue weighted by molar-refractivity contribution is -0.140. The molecule has 0 aliphatic heterocycles. The number of hydrogen-bond acceptors (Lipinski definition) is 2. The van der Waals surface area contributed by atoms with Crippen molar-refractivity contribution in [2.75, 3.05) is 20.1 Å². The zero-order chi connectivity index (χ0) is 22.2. The molecule has 2 aromatic carbocycles. The van der Waals surface area contributed by atoms with Crippen LogP contribution in [0.25, 0.3) is 0 Å². The summed E-state index contributed by atoms with van der Waals surface area (Å²) < 4.78 is 98.9. The number of alkyl halides is 6. The first-order valence-electron chi connectivity index (χ1n) is 8.46. The molecule has 2 rings (SSSR count). The van der Waals surface area contributed by atoms with E-state index in [1.807, 2.05) is 0 Å². The highest BCUT2D eigenvalue weighted by atomic mass is 19.4. The molecule has 0 atom stereocenters. The lowest BCUT2D eigenvalue weighted by Gasteiger charge is -2.08. The Balaban J connectivity index is 0.000000291. The molecule has 0 bridgehead atoms. The monoisotopic (exact) mass is 428 g/mol. The molecule has 0 spiro atoms. The van der Waals surface area contributed by atoms with Crippen LogP contribution in [0, 0.1) is 11.6 Å². The first kappa shape index (κ1) is 24.8. The second-order valence-electron chi connectivity index (χ2n) is 6.01. The molecule has 0 aliphatic rings. The highest BCUT2D eigenvalue weighted by Crippen LogP contribution is 2.32. The summed E-state index contributed by atoms with van der Waals surface area (Å²) in [6.07, 6.45) is -8.37. The Morgan fingerprint density at radius 2 is 1.48 bits per heavy atom. The van der Waals surface area contributed by atoms with Crippen molar-refractivity contribution in [3.63, 3.8) is 0 Å². The molecule has 29 heavy (non-hydrogen) atoms. The van der Waals surface area contributed by atoms with Crippen LogP contribution in [0.3, 0.4) is 0 Å². The van der Waals surface area contributed by atoms with Crippen LogP contribution in [-0.4, -0.2) is 20.1 Å². The van der Waals surface area contributed by atoms with Crippen molar-refractivity contribution >= 4 is 0 Å². The van der Waals surface area contributed by atoms with Gasteiger partial charge in [0.1, 0.15) is 11.6 Å². The zero-order valence-electron chi connectivity index (χ0n) is 15.4. The number of rotatable bonds is 5. The molecule has 0 saturated carbocycles. The maximum atomic E-state index is 13.2. The molecule has 162 valence electrons. The molecule has 0 aromatic heterocycles. The fourth-order valence-corrected chi connectivity index (χ4v) is 2.30. The second kappa shape index (κ2) is 10.5. The molecule has 0 amide bonds. The summed E-state index contributed by atoms with van der Waals surface area (Å²) in [6, 6.07) is 5.45. The summed E-state index contributed by atoms with van der Waals surface area (Å²) in [4.78, 5) is 0. The summed E-state index contributed by atoms with van der Waals surface area (Å²) in [5.41, 5.74) is 3.76. The third kappa shape index (κ3) is 7.98. The number of hydrogen-bond donors (Lipinski definition) is 2. The number of nitrogens with one attached hydrogen (secondary N) is 1. The van der Waals surface area contributed by atoms with E-state index in [-0.39, 0.29) is 12.1 Å². The average molecular weight is 428 g/mol. The summed E-state index contributed by atoms with van der Waals surface area (Å²) >= 11 is 0. The van der Waals surface area contributed by atoms with Crippen LogP contribution in [0.1, 0.15) is 22.3 Å². The molecule has 0 fully saturated rings. The van der Waals surface area contributed by atoms with Gasteiger partial charge in [0.2, 0.25) is 0 Å². The minimum absolute atomic E-state index is 0.283. The van der Waals surface area contributed by atoms with E-state index in [1.165, 1.54) is 12.1 Å². The topological polar surface area (TPSA) is 38.0 Å². The van der Waals surface area contributed by atoms with Gasteiger partial charge in [-0.25, -0.2) is 8.78 Å². The zero-order valence-corrected chi connectivity index (χ0v) is 15.4. The van der Waals surface area contributed by atoms with E-state index in [4.69, 9.17) is 5.73 Å². The number of benzene rings is 2. The Hall–Kier alpha value is -2.20. The van der Waals surface area contributed by atoms with Crippen molar-refractivity contribution in [1.82, 2.24) is 5.32 Å². The van der Waals surface area contributed by atoms with Crippen molar-refractivity contribution < 1.29 is 35.1 Å². The third-order valence-electron chi connectivity index (χ3n) is 3.80. The largest absolute Gasteiger partial charge is 0.419 e. The number of nitrogens with two attached hydrogens (primary N) is 1. The summed E-state index contributed by atoms with van der Waals surface area (Å²) in [7, 11) is 1.70. The first-order chi connectivity index (χ1) is 13.4. The molecule has 10 heteroatoms. The molecule has 0 unspecified atom stereocenters. The van der Waals surface area contributed by atoms with Crippen LogP contribution in [0.15, 0.2) is 36.4 Å². The molecule has 2 nitrogen and oxygen atoms in total. The normalized spacial score (nSPS) is 11.8. The lowest BCUT2D eigenvalue weighted by Crippen LogP contribution is -2.12. The van der Waals surface area contributed by atoms with Gasteiger partial charge in [0.25, 0.3) is 0 Å². The molecule has 0 heterocycles. The van der Waals surface area contributed by atoms with Gasteiger partial charge in [-0.2, -0.15) is 26.3 Å². The molecular formula is C19H20F8N2. The number of likely N-dealkylation sites (N-methyl/N-ethyl adjacent to an activating group) is 1. The van der Waals surface area contributed by atoms with Crippen molar-refractivity contribution in [3.05, 3.63) is 70.3 Å². The standard InChI is InChI=1S/C10H11F4N.C9H9F4N/c1-15-5-4-7-2-3-8(6-9(7)11)10(12,13)14;10-8-5-6(3-4-14)1-2-7(8)9(11,12)13/h2-3,6,15H,4-5H2,1H3;1-2,5H,3-4,14H2. The van der Waals surface area contributed by atoms with Crippen molar-refractivity contribution in [3.8, 4) is 0 Å². The molecule has 0 radical (unpaired) electrons. The summed E-state index contributed by atoms with van der Waals surface area (Å²) in [5.74, 6) is -2.05. The minimum atomic E-state index is -4.63. The predicted octanol–water partition coefficient (Wildman–Crippen LogP) is 4.95. The van der Waals surface area contributed by atoms with Gasteiger partial charge < -0.3 is 11.1 Å². The average Bonchev–Trinajstić information content (AvgIpc) is 2.59. The molecule has 0 saturated heterocycles. The van der Waals surface area contributed by atoms with Crippen LogP contribution in [0.2, 0.25) is 0 Å². The Labute approximate surface area is 162 Å². The van der Waals surface area contributed by atoms with Crippen molar-refractivity contribution in [1.29, 1.82) is 0 Å². The molecular weight excluding hydrogens is 408 g/mol. The van der Waals surface area contributed by atoms with E-state index >= 15 is 0 Å². The molecule has 3 N–H and O–H groups in total. The van der Waals surface area contributed by atoms with Gasteiger partial charge in [0, 0.05) is 0 Å². The predicted molar refractivity (Wildman–Crippen MR) is 93.2 cm³/mol. The third-order valence-corrected chi connectivity index (χ3v) is 3.80. The Morgan fingerprint density at radius 1 is 0.828 bits per heavy atom. The maximum Gasteiger partial charge on any atom is 0.419 e. The van der Waals surface area contributed by atoms with Gasteiger partial charge in [-0.1, -0.05) is 12.1 Å². The number of halogens is 8. The quantitative estimate of drug-likeness (QED) is 0.662. The van der Waals surface area contributed by atoms with E-state index in [9.17, 15) is 35.1 Å². The van der Waals surface area contributed by atoms with E-state index < -0.39 is 35.1 Å².